The van der Waals surface area contributed by atoms with Gasteiger partial charge in [-0.15, -0.1) is 0 Å². The molecule has 0 radical (unpaired) electrons. The molecule has 6 heteroatoms. The second kappa shape index (κ2) is 6.33. The van der Waals surface area contributed by atoms with Crippen molar-refractivity contribution < 1.29 is 8.42 Å². The maximum atomic E-state index is 11.6. The molecule has 2 unspecified atom stereocenters. The molecule has 1 aromatic heterocycles. The van der Waals surface area contributed by atoms with Gasteiger partial charge in [0.1, 0.15) is 5.82 Å². The lowest BCUT2D eigenvalue weighted by Crippen LogP contribution is -2.42. The Morgan fingerprint density at radius 1 is 1.50 bits per heavy atom. The summed E-state index contributed by atoms with van der Waals surface area (Å²) < 4.78 is 25.2. The SMILES string of the molecule is CCNC(CCc1nccn1C)C(C)S(C)(=O)=O. The predicted molar refractivity (Wildman–Crippen MR) is 73.3 cm³/mol. The van der Waals surface area contributed by atoms with Crippen molar-refractivity contribution in [3.05, 3.63) is 18.2 Å². The summed E-state index contributed by atoms with van der Waals surface area (Å²) in [6.07, 6.45) is 6.51. The number of hydrogen-bond acceptors (Lipinski definition) is 4. The van der Waals surface area contributed by atoms with Crippen LogP contribution >= 0.6 is 0 Å². The summed E-state index contributed by atoms with van der Waals surface area (Å²) in [5.41, 5.74) is 0. The molecule has 0 saturated carbocycles. The highest BCUT2D eigenvalue weighted by Gasteiger charge is 2.25. The number of aryl methyl sites for hydroxylation is 2. The zero-order chi connectivity index (χ0) is 13.8. The van der Waals surface area contributed by atoms with E-state index < -0.39 is 9.84 Å². The highest BCUT2D eigenvalue weighted by Crippen LogP contribution is 2.11. The fourth-order valence-corrected chi connectivity index (χ4v) is 2.81. The van der Waals surface area contributed by atoms with Gasteiger partial charge in [-0.05, 0) is 19.9 Å². The average Bonchev–Trinajstić information content (AvgIpc) is 2.68. The number of hydrogen-bond donors (Lipinski definition) is 1. The first-order valence-corrected chi connectivity index (χ1v) is 8.20. The molecular formula is C12H23N3O2S. The molecule has 5 nitrogen and oxygen atoms in total. The minimum atomic E-state index is -3.02. The standard InChI is InChI=1S/C12H23N3O2S/c1-5-13-11(10(2)18(4,16)17)6-7-12-14-8-9-15(12)3/h8-11,13H,5-7H2,1-4H3. The first kappa shape index (κ1) is 15.2. The molecule has 0 amide bonds. The zero-order valence-corrected chi connectivity index (χ0v) is 12.4. The molecule has 0 aliphatic rings. The van der Waals surface area contributed by atoms with Crippen LogP contribution < -0.4 is 5.32 Å². The third-order valence-corrected chi connectivity index (χ3v) is 4.99. The number of aromatic nitrogens is 2. The van der Waals surface area contributed by atoms with E-state index in [2.05, 4.69) is 10.3 Å². The van der Waals surface area contributed by atoms with Crippen LogP contribution in [-0.2, 0) is 23.3 Å². The summed E-state index contributed by atoms with van der Waals surface area (Å²) in [5.74, 6) is 0.985. The Balaban J connectivity index is 2.67. The molecule has 1 aromatic rings. The molecule has 104 valence electrons. The van der Waals surface area contributed by atoms with Gasteiger partial charge in [-0.2, -0.15) is 0 Å². The molecule has 2 atom stereocenters. The van der Waals surface area contributed by atoms with Gasteiger partial charge in [0.05, 0.1) is 5.25 Å². The predicted octanol–water partition coefficient (Wildman–Crippen LogP) is 0.764. The molecule has 0 aliphatic carbocycles. The van der Waals surface area contributed by atoms with Crippen molar-refractivity contribution in [1.82, 2.24) is 14.9 Å². The van der Waals surface area contributed by atoms with E-state index in [1.54, 1.807) is 13.1 Å². The number of imidazole rings is 1. The van der Waals surface area contributed by atoms with Gasteiger partial charge in [-0.1, -0.05) is 6.92 Å². The highest BCUT2D eigenvalue weighted by atomic mass is 32.2. The smallest absolute Gasteiger partial charge is 0.151 e. The van der Waals surface area contributed by atoms with Gasteiger partial charge in [0.25, 0.3) is 0 Å². The number of nitrogens with zero attached hydrogens (tertiary/aromatic N) is 2. The Labute approximate surface area is 110 Å². The van der Waals surface area contributed by atoms with Crippen LogP contribution in [0.3, 0.4) is 0 Å². The summed E-state index contributed by atoms with van der Waals surface area (Å²) in [4.78, 5) is 4.26. The van der Waals surface area contributed by atoms with Gasteiger partial charge in [0.15, 0.2) is 9.84 Å². The Morgan fingerprint density at radius 2 is 2.17 bits per heavy atom. The molecule has 1 N–H and O–H groups in total. The molecule has 0 saturated heterocycles. The summed E-state index contributed by atoms with van der Waals surface area (Å²) in [6, 6.07) is -0.0262. The van der Waals surface area contributed by atoms with E-state index in [0.717, 1.165) is 25.2 Å². The van der Waals surface area contributed by atoms with Crippen molar-refractivity contribution in [2.45, 2.75) is 38.0 Å². The van der Waals surface area contributed by atoms with Crippen LogP contribution in [0.2, 0.25) is 0 Å². The number of sulfone groups is 1. The molecule has 1 heterocycles. The Bertz CT molecular complexity index is 467. The monoisotopic (exact) mass is 273 g/mol. The van der Waals surface area contributed by atoms with Crippen molar-refractivity contribution in [3.63, 3.8) is 0 Å². The lowest BCUT2D eigenvalue weighted by Gasteiger charge is -2.23. The fourth-order valence-electron chi connectivity index (χ4n) is 1.99. The second-order valence-corrected chi connectivity index (χ2v) is 7.09. The lowest BCUT2D eigenvalue weighted by molar-refractivity contribution is 0.464. The van der Waals surface area contributed by atoms with E-state index in [4.69, 9.17) is 0 Å². The second-order valence-electron chi connectivity index (χ2n) is 4.69. The Morgan fingerprint density at radius 3 is 2.61 bits per heavy atom. The normalized spacial score (nSPS) is 15.6. The average molecular weight is 273 g/mol. The van der Waals surface area contributed by atoms with Gasteiger partial charge < -0.3 is 9.88 Å². The molecule has 18 heavy (non-hydrogen) atoms. The minimum Gasteiger partial charge on any atom is -0.338 e. The zero-order valence-electron chi connectivity index (χ0n) is 11.5. The summed E-state index contributed by atoms with van der Waals surface area (Å²) in [7, 11) is -1.07. The third-order valence-electron chi connectivity index (χ3n) is 3.31. The fraction of sp³-hybridized carbons (Fsp3) is 0.750. The first-order chi connectivity index (χ1) is 8.36. The van der Waals surface area contributed by atoms with E-state index in [1.165, 1.54) is 6.26 Å². The summed E-state index contributed by atoms with van der Waals surface area (Å²) >= 11 is 0. The van der Waals surface area contributed by atoms with Crippen molar-refractivity contribution in [2.24, 2.45) is 7.05 Å². The number of rotatable bonds is 7. The van der Waals surface area contributed by atoms with Gasteiger partial charge in [0, 0.05) is 38.2 Å². The van der Waals surface area contributed by atoms with Crippen molar-refractivity contribution in [1.29, 1.82) is 0 Å². The molecule has 0 spiro atoms. The van der Waals surface area contributed by atoms with Gasteiger partial charge in [-0.3, -0.25) is 0 Å². The van der Waals surface area contributed by atoms with Gasteiger partial charge in [-0.25, -0.2) is 13.4 Å². The third kappa shape index (κ3) is 4.10. The van der Waals surface area contributed by atoms with Crippen molar-refractivity contribution >= 4 is 9.84 Å². The molecule has 0 fully saturated rings. The highest BCUT2D eigenvalue weighted by molar-refractivity contribution is 7.91. The molecule has 0 bridgehead atoms. The number of nitrogens with one attached hydrogen (secondary N) is 1. The van der Waals surface area contributed by atoms with Crippen molar-refractivity contribution in [2.75, 3.05) is 12.8 Å². The Kier molecular flexibility index (Phi) is 5.34. The van der Waals surface area contributed by atoms with Crippen LogP contribution in [0.15, 0.2) is 12.4 Å². The molecule has 1 rings (SSSR count). The molecule has 0 aromatic carbocycles. The van der Waals surface area contributed by atoms with E-state index in [9.17, 15) is 8.42 Å². The largest absolute Gasteiger partial charge is 0.338 e. The van der Waals surface area contributed by atoms with Gasteiger partial charge >= 0.3 is 0 Å². The topological polar surface area (TPSA) is 64.0 Å². The van der Waals surface area contributed by atoms with Crippen LogP contribution in [0.4, 0.5) is 0 Å². The van der Waals surface area contributed by atoms with E-state index >= 15 is 0 Å². The summed E-state index contributed by atoms with van der Waals surface area (Å²) in [6.45, 7) is 4.52. The summed E-state index contributed by atoms with van der Waals surface area (Å²) in [5, 5.41) is 2.88. The van der Waals surface area contributed by atoms with E-state index in [0.29, 0.717) is 0 Å². The van der Waals surface area contributed by atoms with Crippen LogP contribution in [0, 0.1) is 0 Å². The Hall–Kier alpha value is -0.880. The molecular weight excluding hydrogens is 250 g/mol. The lowest BCUT2D eigenvalue weighted by atomic mass is 10.1. The first-order valence-electron chi connectivity index (χ1n) is 6.24. The maximum Gasteiger partial charge on any atom is 0.151 e. The van der Waals surface area contributed by atoms with Crippen LogP contribution in [0.5, 0.6) is 0 Å². The minimum absolute atomic E-state index is 0.0262. The quantitative estimate of drug-likeness (QED) is 0.797. The van der Waals surface area contributed by atoms with E-state index in [1.807, 2.05) is 24.7 Å². The maximum absolute atomic E-state index is 11.6. The molecule has 0 aliphatic heterocycles. The van der Waals surface area contributed by atoms with Crippen LogP contribution in [0.25, 0.3) is 0 Å². The van der Waals surface area contributed by atoms with Crippen molar-refractivity contribution in [3.8, 4) is 0 Å². The van der Waals surface area contributed by atoms with E-state index in [-0.39, 0.29) is 11.3 Å². The van der Waals surface area contributed by atoms with Crippen LogP contribution in [0.1, 0.15) is 26.1 Å². The van der Waals surface area contributed by atoms with Crippen LogP contribution in [-0.4, -0.2) is 42.1 Å². The van der Waals surface area contributed by atoms with Gasteiger partial charge in [0.2, 0.25) is 0 Å².